The topological polar surface area (TPSA) is 23.6 Å². The monoisotopic (exact) mass is 230 g/mol. The lowest BCUT2D eigenvalue weighted by Crippen LogP contribution is -2.25. The van der Waals surface area contributed by atoms with Gasteiger partial charge in [0.15, 0.2) is 0 Å². The van der Waals surface area contributed by atoms with Crippen LogP contribution < -0.4 is 9.80 Å². The fourth-order valence-electron chi connectivity index (χ4n) is 2.89. The van der Waals surface area contributed by atoms with Gasteiger partial charge in [-0.3, -0.25) is 4.79 Å². The Morgan fingerprint density at radius 1 is 1.24 bits per heavy atom. The molecule has 2 heterocycles. The molecule has 1 aromatic carbocycles. The Morgan fingerprint density at radius 2 is 2.00 bits per heavy atom. The maximum Gasteiger partial charge on any atom is 0.231 e. The van der Waals surface area contributed by atoms with Crippen LogP contribution in [0.4, 0.5) is 11.4 Å². The van der Waals surface area contributed by atoms with Crippen molar-refractivity contribution in [3.8, 4) is 0 Å². The summed E-state index contributed by atoms with van der Waals surface area (Å²) >= 11 is 0. The molecule has 3 heteroatoms. The number of likely N-dealkylation sites (N-methyl/N-ethyl adjacent to an activating group) is 1. The average Bonchev–Trinajstić information content (AvgIpc) is 2.93. The van der Waals surface area contributed by atoms with Crippen molar-refractivity contribution in [2.24, 2.45) is 0 Å². The summed E-state index contributed by atoms with van der Waals surface area (Å²) in [5, 5.41) is 0. The first-order valence-corrected chi connectivity index (χ1v) is 6.48. The molecule has 1 aromatic rings. The third kappa shape index (κ3) is 1.70. The molecule has 0 aromatic heterocycles. The fourth-order valence-corrected chi connectivity index (χ4v) is 2.89. The summed E-state index contributed by atoms with van der Waals surface area (Å²) in [5.41, 5.74) is 3.59. The van der Waals surface area contributed by atoms with Crippen LogP contribution >= 0.6 is 0 Å². The molecule has 0 bridgehead atoms. The van der Waals surface area contributed by atoms with Gasteiger partial charge in [0.25, 0.3) is 0 Å². The van der Waals surface area contributed by atoms with Crippen molar-refractivity contribution in [1.82, 2.24) is 0 Å². The average molecular weight is 230 g/mol. The second-order valence-electron chi connectivity index (χ2n) is 4.82. The summed E-state index contributed by atoms with van der Waals surface area (Å²) in [6.45, 7) is 5.12. The third-order valence-electron chi connectivity index (χ3n) is 3.78. The number of benzene rings is 1. The zero-order chi connectivity index (χ0) is 11.8. The first-order chi connectivity index (χ1) is 8.29. The summed E-state index contributed by atoms with van der Waals surface area (Å²) in [6.07, 6.45) is 3.15. The number of anilines is 2. The van der Waals surface area contributed by atoms with Crippen LogP contribution in [0.1, 0.15) is 25.3 Å². The molecule has 0 N–H and O–H groups in total. The number of hydrogen-bond acceptors (Lipinski definition) is 2. The summed E-state index contributed by atoms with van der Waals surface area (Å²) in [7, 11) is 0. The van der Waals surface area contributed by atoms with Crippen LogP contribution in [0.3, 0.4) is 0 Å². The fraction of sp³-hybridized carbons (Fsp3) is 0.500. The first-order valence-electron chi connectivity index (χ1n) is 6.48. The number of carbonyl (C=O) groups is 1. The lowest BCUT2D eigenvalue weighted by molar-refractivity contribution is -0.117. The Hall–Kier alpha value is -1.51. The van der Waals surface area contributed by atoms with E-state index in [1.807, 2.05) is 11.8 Å². The van der Waals surface area contributed by atoms with Crippen LogP contribution in [0.25, 0.3) is 0 Å². The van der Waals surface area contributed by atoms with Crippen LogP contribution in [0.15, 0.2) is 18.2 Å². The molecular weight excluding hydrogens is 212 g/mol. The summed E-state index contributed by atoms with van der Waals surface area (Å²) in [5.74, 6) is 0.237. The van der Waals surface area contributed by atoms with Gasteiger partial charge < -0.3 is 9.80 Å². The lowest BCUT2D eigenvalue weighted by atomic mass is 10.1. The van der Waals surface area contributed by atoms with Crippen LogP contribution in [0.5, 0.6) is 0 Å². The van der Waals surface area contributed by atoms with Gasteiger partial charge >= 0.3 is 0 Å². The highest BCUT2D eigenvalue weighted by molar-refractivity contribution is 6.01. The molecule has 0 unspecified atom stereocenters. The second-order valence-corrected chi connectivity index (χ2v) is 4.82. The summed E-state index contributed by atoms with van der Waals surface area (Å²) < 4.78 is 0. The van der Waals surface area contributed by atoms with E-state index >= 15 is 0 Å². The quantitative estimate of drug-likeness (QED) is 0.777. The van der Waals surface area contributed by atoms with Crippen molar-refractivity contribution in [3.05, 3.63) is 23.8 Å². The van der Waals surface area contributed by atoms with Crippen molar-refractivity contribution < 1.29 is 4.79 Å². The van der Waals surface area contributed by atoms with E-state index in [0.29, 0.717) is 6.42 Å². The standard InChI is InChI=1S/C14H18N2O/c1-2-16-13-6-5-12(15-7-3-4-8-15)9-11(13)10-14(16)17/h5-6,9H,2-4,7-8,10H2,1H3. The molecule has 1 fully saturated rings. The van der Waals surface area contributed by atoms with E-state index in [-0.39, 0.29) is 5.91 Å². The smallest absolute Gasteiger partial charge is 0.231 e. The summed E-state index contributed by atoms with van der Waals surface area (Å²) in [4.78, 5) is 16.1. The molecule has 0 spiro atoms. The van der Waals surface area contributed by atoms with Gasteiger partial charge in [0, 0.05) is 31.0 Å². The van der Waals surface area contributed by atoms with Gasteiger partial charge in [0.2, 0.25) is 5.91 Å². The first kappa shape index (κ1) is 10.6. The van der Waals surface area contributed by atoms with E-state index in [2.05, 4.69) is 23.1 Å². The van der Waals surface area contributed by atoms with Gasteiger partial charge in [-0.1, -0.05) is 0 Å². The number of amides is 1. The minimum absolute atomic E-state index is 0.237. The normalized spacial score (nSPS) is 19.0. The van der Waals surface area contributed by atoms with Crippen molar-refractivity contribution >= 4 is 17.3 Å². The Balaban J connectivity index is 1.93. The number of carbonyl (C=O) groups excluding carboxylic acids is 1. The zero-order valence-corrected chi connectivity index (χ0v) is 10.3. The highest BCUT2D eigenvalue weighted by Crippen LogP contribution is 2.33. The molecule has 0 radical (unpaired) electrons. The molecule has 3 nitrogen and oxygen atoms in total. The SMILES string of the molecule is CCN1C(=O)Cc2cc(N3CCCC3)ccc21. The Labute approximate surface area is 102 Å². The van der Waals surface area contributed by atoms with Gasteiger partial charge in [-0.05, 0) is 43.5 Å². The van der Waals surface area contributed by atoms with Crippen molar-refractivity contribution in [1.29, 1.82) is 0 Å². The minimum Gasteiger partial charge on any atom is -0.372 e. The van der Waals surface area contributed by atoms with E-state index in [1.165, 1.54) is 24.1 Å². The molecule has 3 rings (SSSR count). The molecule has 1 amide bonds. The van der Waals surface area contributed by atoms with E-state index in [4.69, 9.17) is 0 Å². The van der Waals surface area contributed by atoms with Gasteiger partial charge in [0.1, 0.15) is 0 Å². The van der Waals surface area contributed by atoms with Gasteiger partial charge in [-0.2, -0.15) is 0 Å². The van der Waals surface area contributed by atoms with E-state index in [9.17, 15) is 4.79 Å². The predicted octanol–water partition coefficient (Wildman–Crippen LogP) is 2.20. The number of hydrogen-bond donors (Lipinski definition) is 0. The highest BCUT2D eigenvalue weighted by atomic mass is 16.2. The molecule has 17 heavy (non-hydrogen) atoms. The van der Waals surface area contributed by atoms with Gasteiger partial charge in [-0.25, -0.2) is 0 Å². The Morgan fingerprint density at radius 3 is 2.71 bits per heavy atom. The van der Waals surface area contributed by atoms with Crippen LogP contribution in [0.2, 0.25) is 0 Å². The number of fused-ring (bicyclic) bond motifs is 1. The van der Waals surface area contributed by atoms with E-state index in [1.54, 1.807) is 0 Å². The Kier molecular flexibility index (Phi) is 2.54. The molecular formula is C14H18N2O. The van der Waals surface area contributed by atoms with Crippen LogP contribution in [-0.2, 0) is 11.2 Å². The maximum absolute atomic E-state index is 11.8. The van der Waals surface area contributed by atoms with Crippen LogP contribution in [-0.4, -0.2) is 25.5 Å². The largest absolute Gasteiger partial charge is 0.372 e. The minimum atomic E-state index is 0.237. The molecule has 0 aliphatic carbocycles. The molecule has 0 atom stereocenters. The lowest BCUT2D eigenvalue weighted by Gasteiger charge is -2.19. The second kappa shape index (κ2) is 4.06. The highest BCUT2D eigenvalue weighted by Gasteiger charge is 2.26. The Bertz CT molecular complexity index is 450. The molecule has 1 saturated heterocycles. The van der Waals surface area contributed by atoms with Gasteiger partial charge in [0.05, 0.1) is 6.42 Å². The predicted molar refractivity (Wildman–Crippen MR) is 69.6 cm³/mol. The van der Waals surface area contributed by atoms with Gasteiger partial charge in [-0.15, -0.1) is 0 Å². The van der Waals surface area contributed by atoms with E-state index in [0.717, 1.165) is 25.3 Å². The third-order valence-corrected chi connectivity index (χ3v) is 3.78. The summed E-state index contributed by atoms with van der Waals surface area (Å²) in [6, 6.07) is 6.47. The zero-order valence-electron chi connectivity index (χ0n) is 10.3. The molecule has 90 valence electrons. The van der Waals surface area contributed by atoms with E-state index < -0.39 is 0 Å². The van der Waals surface area contributed by atoms with Crippen molar-refractivity contribution in [2.45, 2.75) is 26.2 Å². The van der Waals surface area contributed by atoms with Crippen LogP contribution in [0, 0.1) is 0 Å². The maximum atomic E-state index is 11.8. The van der Waals surface area contributed by atoms with Crippen molar-refractivity contribution in [2.75, 3.05) is 29.4 Å². The van der Waals surface area contributed by atoms with Crippen molar-refractivity contribution in [3.63, 3.8) is 0 Å². The molecule has 2 aliphatic rings. The molecule has 0 saturated carbocycles. The number of rotatable bonds is 2. The molecule has 2 aliphatic heterocycles. The number of nitrogens with zero attached hydrogens (tertiary/aromatic N) is 2.